The molecule has 0 aliphatic heterocycles. The van der Waals surface area contributed by atoms with E-state index < -0.39 is 17.5 Å². The fourth-order valence-corrected chi connectivity index (χ4v) is 1.65. The van der Waals surface area contributed by atoms with Crippen LogP contribution in [0.4, 0.5) is 0 Å². The summed E-state index contributed by atoms with van der Waals surface area (Å²) < 4.78 is 5.16. The maximum absolute atomic E-state index is 12.2. The highest BCUT2D eigenvalue weighted by atomic mass is 16.6. The number of carboxylic acid groups (broad SMARTS) is 1. The van der Waals surface area contributed by atoms with Crippen LogP contribution in [0.3, 0.4) is 0 Å². The fourth-order valence-electron chi connectivity index (χ4n) is 1.65. The van der Waals surface area contributed by atoms with Crippen molar-refractivity contribution in [1.82, 2.24) is 9.88 Å². The number of hydrogen-bond acceptors (Lipinski definition) is 5. The van der Waals surface area contributed by atoms with Crippen molar-refractivity contribution in [3.8, 4) is 0 Å². The summed E-state index contributed by atoms with van der Waals surface area (Å²) in [6.45, 7) is 5.48. The Morgan fingerprint density at radius 3 is 2.50 bits per heavy atom. The molecule has 0 aliphatic carbocycles. The highest BCUT2D eigenvalue weighted by molar-refractivity contribution is 5.96. The highest BCUT2D eigenvalue weighted by Crippen LogP contribution is 2.10. The molecule has 7 nitrogen and oxygen atoms in total. The number of amides is 1. The fraction of sp³-hybridized carbons (Fsp3) is 0.467. The standard InChI is InChI=1S/C15H20N2O5/c1-15(2,3)22-12(18)6-8-17(4)13(19)10-5-7-16-11(9-10)14(20)21/h5,7,9H,6,8H2,1-4H3,(H,20,21). The molecule has 1 aromatic rings. The molecule has 0 bridgehead atoms. The molecule has 0 radical (unpaired) electrons. The van der Waals surface area contributed by atoms with E-state index in [1.165, 1.54) is 30.3 Å². The largest absolute Gasteiger partial charge is 0.477 e. The topological polar surface area (TPSA) is 96.8 Å². The van der Waals surface area contributed by atoms with Gasteiger partial charge in [-0.15, -0.1) is 0 Å². The minimum absolute atomic E-state index is 0.0659. The van der Waals surface area contributed by atoms with Crippen LogP contribution in [0.15, 0.2) is 18.3 Å². The van der Waals surface area contributed by atoms with Gasteiger partial charge >= 0.3 is 11.9 Å². The normalized spacial score (nSPS) is 10.9. The van der Waals surface area contributed by atoms with Gasteiger partial charge in [-0.2, -0.15) is 0 Å². The highest BCUT2D eigenvalue weighted by Gasteiger charge is 2.19. The summed E-state index contributed by atoms with van der Waals surface area (Å²) in [4.78, 5) is 39.6. The molecule has 0 atom stereocenters. The molecule has 1 aromatic heterocycles. The first-order valence-corrected chi connectivity index (χ1v) is 6.77. The van der Waals surface area contributed by atoms with Crippen LogP contribution in [-0.4, -0.2) is 52.0 Å². The van der Waals surface area contributed by atoms with E-state index in [0.717, 1.165) is 0 Å². The second kappa shape index (κ2) is 7.02. The van der Waals surface area contributed by atoms with Gasteiger partial charge < -0.3 is 14.7 Å². The van der Waals surface area contributed by atoms with E-state index in [4.69, 9.17) is 9.84 Å². The summed E-state index contributed by atoms with van der Waals surface area (Å²) >= 11 is 0. The van der Waals surface area contributed by atoms with Crippen molar-refractivity contribution in [2.24, 2.45) is 0 Å². The summed E-state index contributed by atoms with van der Waals surface area (Å²) in [5, 5.41) is 8.87. The molecule has 22 heavy (non-hydrogen) atoms. The minimum atomic E-state index is -1.20. The van der Waals surface area contributed by atoms with Gasteiger partial charge in [0.1, 0.15) is 11.3 Å². The predicted molar refractivity (Wildman–Crippen MR) is 78.6 cm³/mol. The van der Waals surface area contributed by atoms with Crippen molar-refractivity contribution >= 4 is 17.8 Å². The summed E-state index contributed by atoms with van der Waals surface area (Å²) in [7, 11) is 1.54. The second-order valence-electron chi connectivity index (χ2n) is 5.80. The zero-order valence-corrected chi connectivity index (χ0v) is 13.1. The lowest BCUT2D eigenvalue weighted by atomic mass is 10.2. The number of esters is 1. The smallest absolute Gasteiger partial charge is 0.354 e. The zero-order chi connectivity index (χ0) is 16.9. The zero-order valence-electron chi connectivity index (χ0n) is 13.1. The van der Waals surface area contributed by atoms with Crippen LogP contribution >= 0.6 is 0 Å². The maximum Gasteiger partial charge on any atom is 0.354 e. The molecule has 1 heterocycles. The first-order chi connectivity index (χ1) is 10.1. The number of aromatic carboxylic acids is 1. The number of aromatic nitrogens is 1. The third kappa shape index (κ3) is 5.51. The van der Waals surface area contributed by atoms with Gasteiger partial charge in [-0.3, -0.25) is 9.59 Å². The Bertz CT molecular complexity index is 578. The van der Waals surface area contributed by atoms with E-state index in [9.17, 15) is 14.4 Å². The van der Waals surface area contributed by atoms with E-state index in [2.05, 4.69) is 4.98 Å². The van der Waals surface area contributed by atoms with Crippen LogP contribution in [-0.2, 0) is 9.53 Å². The van der Waals surface area contributed by atoms with Crippen molar-refractivity contribution in [2.45, 2.75) is 32.8 Å². The first-order valence-electron chi connectivity index (χ1n) is 6.77. The second-order valence-corrected chi connectivity index (χ2v) is 5.80. The number of hydrogen-bond donors (Lipinski definition) is 1. The van der Waals surface area contributed by atoms with Gasteiger partial charge in [-0.1, -0.05) is 0 Å². The van der Waals surface area contributed by atoms with Crippen LogP contribution in [0.1, 0.15) is 48.0 Å². The average Bonchev–Trinajstić information content (AvgIpc) is 2.42. The van der Waals surface area contributed by atoms with Gasteiger partial charge in [0.2, 0.25) is 0 Å². The van der Waals surface area contributed by atoms with Gasteiger partial charge in [0, 0.05) is 25.4 Å². The van der Waals surface area contributed by atoms with Crippen LogP contribution in [0.5, 0.6) is 0 Å². The average molecular weight is 308 g/mol. The molecule has 0 unspecified atom stereocenters. The summed E-state index contributed by atoms with van der Waals surface area (Å²) in [6, 6.07) is 2.63. The number of carboxylic acids is 1. The maximum atomic E-state index is 12.2. The van der Waals surface area contributed by atoms with E-state index >= 15 is 0 Å². The predicted octanol–water partition coefficient (Wildman–Crippen LogP) is 1.58. The first kappa shape index (κ1) is 17.6. The molecule has 0 aliphatic rings. The summed E-state index contributed by atoms with van der Waals surface area (Å²) in [5.41, 5.74) is -0.563. The SMILES string of the molecule is CN(CCC(=O)OC(C)(C)C)C(=O)c1ccnc(C(=O)O)c1. The third-order valence-electron chi connectivity index (χ3n) is 2.64. The Morgan fingerprint density at radius 2 is 1.95 bits per heavy atom. The molecule has 120 valence electrons. The van der Waals surface area contributed by atoms with Crippen molar-refractivity contribution in [3.05, 3.63) is 29.6 Å². The molecule has 0 saturated carbocycles. The van der Waals surface area contributed by atoms with E-state index in [0.29, 0.717) is 0 Å². The third-order valence-corrected chi connectivity index (χ3v) is 2.64. The van der Waals surface area contributed by atoms with E-state index in [1.54, 1.807) is 20.8 Å². The van der Waals surface area contributed by atoms with Gasteiger partial charge in [0.15, 0.2) is 0 Å². The molecule has 7 heteroatoms. The molecular formula is C15H20N2O5. The van der Waals surface area contributed by atoms with Crippen LogP contribution in [0.2, 0.25) is 0 Å². The quantitative estimate of drug-likeness (QED) is 0.830. The monoisotopic (exact) mass is 308 g/mol. The van der Waals surface area contributed by atoms with Gasteiger partial charge in [-0.25, -0.2) is 9.78 Å². The molecule has 0 fully saturated rings. The van der Waals surface area contributed by atoms with Gasteiger partial charge in [-0.05, 0) is 32.9 Å². The van der Waals surface area contributed by atoms with Crippen LogP contribution in [0.25, 0.3) is 0 Å². The number of pyridine rings is 1. The van der Waals surface area contributed by atoms with Crippen molar-refractivity contribution < 1.29 is 24.2 Å². The Balaban J connectivity index is 2.64. The molecule has 0 spiro atoms. The molecule has 1 N–H and O–H groups in total. The molecule has 0 saturated heterocycles. The van der Waals surface area contributed by atoms with Crippen LogP contribution < -0.4 is 0 Å². The lowest BCUT2D eigenvalue weighted by Gasteiger charge is -2.21. The Morgan fingerprint density at radius 1 is 1.32 bits per heavy atom. The molecule has 1 amide bonds. The molecular weight excluding hydrogens is 288 g/mol. The number of rotatable bonds is 5. The Kier molecular flexibility index (Phi) is 5.62. The number of ether oxygens (including phenoxy) is 1. The van der Waals surface area contributed by atoms with Crippen LogP contribution in [0, 0.1) is 0 Å². The van der Waals surface area contributed by atoms with Gasteiger partial charge in [0.05, 0.1) is 6.42 Å². The van der Waals surface area contributed by atoms with Crippen molar-refractivity contribution in [1.29, 1.82) is 0 Å². The number of carbonyl (C=O) groups excluding carboxylic acids is 2. The Labute approximate surface area is 128 Å². The van der Waals surface area contributed by atoms with Crippen molar-refractivity contribution in [3.63, 3.8) is 0 Å². The van der Waals surface area contributed by atoms with E-state index in [-0.39, 0.29) is 30.1 Å². The summed E-state index contributed by atoms with van der Waals surface area (Å²) in [5.74, 6) is -1.98. The number of nitrogens with zero attached hydrogens (tertiary/aromatic N) is 2. The lowest BCUT2D eigenvalue weighted by Crippen LogP contribution is -2.31. The summed E-state index contributed by atoms with van der Waals surface area (Å²) in [6.07, 6.45) is 1.33. The van der Waals surface area contributed by atoms with Gasteiger partial charge in [0.25, 0.3) is 5.91 Å². The molecule has 1 rings (SSSR count). The van der Waals surface area contributed by atoms with E-state index in [1.807, 2.05) is 0 Å². The number of carbonyl (C=O) groups is 3. The molecule has 0 aromatic carbocycles. The van der Waals surface area contributed by atoms with Crippen molar-refractivity contribution in [2.75, 3.05) is 13.6 Å². The minimum Gasteiger partial charge on any atom is -0.477 e. The Hall–Kier alpha value is -2.44. The lowest BCUT2D eigenvalue weighted by molar-refractivity contribution is -0.154.